The fourth-order valence-corrected chi connectivity index (χ4v) is 6.06. The number of nitrogens with zero attached hydrogens (tertiary/aromatic N) is 2. The second-order valence-electron chi connectivity index (χ2n) is 10.5. The summed E-state index contributed by atoms with van der Waals surface area (Å²) in [5, 5.41) is 3.18. The van der Waals surface area contributed by atoms with Crippen molar-refractivity contribution in [3.05, 3.63) is 102 Å². The first-order valence-corrected chi connectivity index (χ1v) is 15.8. The van der Waals surface area contributed by atoms with Crippen molar-refractivity contribution in [2.45, 2.75) is 64.1 Å². The summed E-state index contributed by atoms with van der Waals surface area (Å²) >= 11 is 0. The maximum atomic E-state index is 14.1. The minimum Gasteiger partial charge on any atom is -0.352 e. The van der Waals surface area contributed by atoms with E-state index in [4.69, 9.17) is 0 Å². The summed E-state index contributed by atoms with van der Waals surface area (Å²) in [6.45, 7) is 1.80. The van der Waals surface area contributed by atoms with E-state index >= 15 is 0 Å². The molecule has 40 heavy (non-hydrogen) atoms. The average molecular weight is 562 g/mol. The van der Waals surface area contributed by atoms with Crippen molar-refractivity contribution in [1.29, 1.82) is 0 Å². The van der Waals surface area contributed by atoms with Gasteiger partial charge in [0, 0.05) is 19.0 Å². The molecule has 0 aromatic heterocycles. The zero-order valence-electron chi connectivity index (χ0n) is 23.3. The third-order valence-electron chi connectivity index (χ3n) is 7.48. The van der Waals surface area contributed by atoms with E-state index in [9.17, 15) is 18.0 Å². The second kappa shape index (κ2) is 13.6. The molecule has 1 N–H and O–H groups in total. The molecule has 212 valence electrons. The first kappa shape index (κ1) is 29.3. The molecule has 2 amide bonds. The summed E-state index contributed by atoms with van der Waals surface area (Å²) in [7, 11) is -3.78. The number of rotatable bonds is 12. The molecule has 0 saturated heterocycles. The van der Waals surface area contributed by atoms with Crippen LogP contribution in [0.15, 0.2) is 84.9 Å². The van der Waals surface area contributed by atoms with Crippen molar-refractivity contribution >= 4 is 27.5 Å². The predicted octanol–water partition coefficient (Wildman–Crippen LogP) is 4.71. The SMILES string of the molecule is CCc1ccc(N(CC(=O)N(Cc2ccccc2)[C@H](Cc2ccccc2)C(=O)NC2CCCC2)S(C)(=O)=O)cc1. The standard InChI is InChI=1S/C32H39N3O4S/c1-3-25-18-20-29(21-19-25)35(40(2,38)39)24-31(36)34(23-27-14-8-5-9-15-27)30(22-26-12-6-4-7-13-26)32(37)33-28-16-10-11-17-28/h4-9,12-15,18-21,28,30H,3,10-11,16-17,22-24H2,1-2H3,(H,33,37)/t30-/m1/s1. The summed E-state index contributed by atoms with van der Waals surface area (Å²) in [5.74, 6) is -0.644. The Bertz CT molecular complexity index is 1360. The third kappa shape index (κ3) is 7.94. The maximum Gasteiger partial charge on any atom is 0.244 e. The highest BCUT2D eigenvalue weighted by Gasteiger charge is 2.34. The minimum atomic E-state index is -3.78. The molecule has 0 heterocycles. The van der Waals surface area contributed by atoms with Gasteiger partial charge in [0.15, 0.2) is 0 Å². The molecule has 0 aliphatic heterocycles. The number of carbonyl (C=O) groups is 2. The lowest BCUT2D eigenvalue weighted by atomic mass is 10.0. The largest absolute Gasteiger partial charge is 0.352 e. The molecule has 1 aliphatic carbocycles. The van der Waals surface area contributed by atoms with Crippen LogP contribution in [0.4, 0.5) is 5.69 Å². The van der Waals surface area contributed by atoms with E-state index in [1.165, 1.54) is 0 Å². The molecule has 1 fully saturated rings. The number of nitrogens with one attached hydrogen (secondary N) is 1. The van der Waals surface area contributed by atoms with Crippen LogP contribution in [0, 0.1) is 0 Å². The van der Waals surface area contributed by atoms with Gasteiger partial charge in [-0.25, -0.2) is 8.42 Å². The molecule has 1 saturated carbocycles. The fraction of sp³-hybridized carbons (Fsp3) is 0.375. The van der Waals surface area contributed by atoms with Gasteiger partial charge >= 0.3 is 0 Å². The van der Waals surface area contributed by atoms with Gasteiger partial charge in [-0.05, 0) is 48.1 Å². The van der Waals surface area contributed by atoms with Gasteiger partial charge in [-0.15, -0.1) is 0 Å². The van der Waals surface area contributed by atoms with Crippen molar-refractivity contribution in [3.63, 3.8) is 0 Å². The van der Waals surface area contributed by atoms with Crippen molar-refractivity contribution < 1.29 is 18.0 Å². The zero-order chi connectivity index (χ0) is 28.5. The Balaban J connectivity index is 1.69. The highest BCUT2D eigenvalue weighted by molar-refractivity contribution is 7.92. The van der Waals surface area contributed by atoms with E-state index in [1.807, 2.05) is 79.7 Å². The Morgan fingerprint density at radius 1 is 0.850 bits per heavy atom. The number of anilines is 1. The van der Waals surface area contributed by atoms with E-state index in [-0.39, 0.29) is 18.5 Å². The number of aryl methyl sites for hydroxylation is 1. The van der Waals surface area contributed by atoms with Crippen LogP contribution < -0.4 is 9.62 Å². The Morgan fingerprint density at radius 2 is 1.43 bits per heavy atom. The first-order chi connectivity index (χ1) is 19.2. The molecule has 8 heteroatoms. The number of amides is 2. The molecule has 0 unspecified atom stereocenters. The smallest absolute Gasteiger partial charge is 0.244 e. The highest BCUT2D eigenvalue weighted by Crippen LogP contribution is 2.22. The molecular weight excluding hydrogens is 522 g/mol. The van der Waals surface area contributed by atoms with Crippen LogP contribution in [0.25, 0.3) is 0 Å². The van der Waals surface area contributed by atoms with Crippen LogP contribution in [0.5, 0.6) is 0 Å². The quantitative estimate of drug-likeness (QED) is 0.347. The molecule has 0 spiro atoms. The molecule has 4 rings (SSSR count). The molecule has 1 atom stereocenters. The van der Waals surface area contributed by atoms with Crippen molar-refractivity contribution in [2.24, 2.45) is 0 Å². The molecule has 0 bridgehead atoms. The second-order valence-corrected chi connectivity index (χ2v) is 12.4. The lowest BCUT2D eigenvalue weighted by Gasteiger charge is -2.34. The Hall–Kier alpha value is -3.65. The Kier molecular flexibility index (Phi) is 9.98. The molecular formula is C32H39N3O4S. The molecule has 3 aromatic rings. The first-order valence-electron chi connectivity index (χ1n) is 14.0. The van der Waals surface area contributed by atoms with Gasteiger partial charge in [0.1, 0.15) is 12.6 Å². The van der Waals surface area contributed by atoms with Gasteiger partial charge in [0.2, 0.25) is 21.8 Å². The van der Waals surface area contributed by atoms with Gasteiger partial charge in [-0.1, -0.05) is 92.6 Å². The van der Waals surface area contributed by atoms with E-state index in [1.54, 1.807) is 17.0 Å². The van der Waals surface area contributed by atoms with E-state index in [2.05, 4.69) is 5.32 Å². The average Bonchev–Trinajstić information content (AvgIpc) is 3.47. The van der Waals surface area contributed by atoms with Crippen LogP contribution in [-0.2, 0) is 39.0 Å². The van der Waals surface area contributed by atoms with E-state index < -0.39 is 28.5 Å². The summed E-state index contributed by atoms with van der Waals surface area (Å²) in [6.07, 6.45) is 6.23. The number of benzene rings is 3. The highest BCUT2D eigenvalue weighted by atomic mass is 32.2. The lowest BCUT2D eigenvalue weighted by molar-refractivity contribution is -0.140. The number of sulfonamides is 1. The summed E-state index contributed by atoms with van der Waals surface area (Å²) in [4.78, 5) is 29.5. The predicted molar refractivity (Wildman–Crippen MR) is 159 cm³/mol. The van der Waals surface area contributed by atoms with E-state index in [0.29, 0.717) is 12.1 Å². The van der Waals surface area contributed by atoms with Crippen LogP contribution in [0.3, 0.4) is 0 Å². The van der Waals surface area contributed by atoms with Crippen LogP contribution in [-0.4, -0.2) is 50.0 Å². The summed E-state index contributed by atoms with van der Waals surface area (Å²) in [5.41, 5.74) is 3.28. The minimum absolute atomic E-state index is 0.0871. The summed E-state index contributed by atoms with van der Waals surface area (Å²) in [6, 6.07) is 25.6. The summed E-state index contributed by atoms with van der Waals surface area (Å²) < 4.78 is 26.9. The number of carbonyl (C=O) groups excluding carboxylic acids is 2. The van der Waals surface area contributed by atoms with Gasteiger partial charge in [0.05, 0.1) is 11.9 Å². The maximum absolute atomic E-state index is 14.1. The van der Waals surface area contributed by atoms with Crippen molar-refractivity contribution in [3.8, 4) is 0 Å². The molecule has 7 nitrogen and oxygen atoms in total. The Labute approximate surface area is 238 Å². The van der Waals surface area contributed by atoms with Gasteiger partial charge < -0.3 is 10.2 Å². The number of hydrogen-bond donors (Lipinski definition) is 1. The molecule has 1 aliphatic rings. The van der Waals surface area contributed by atoms with Gasteiger partial charge in [0.25, 0.3) is 0 Å². The normalized spacial score (nSPS) is 14.4. The van der Waals surface area contributed by atoms with Crippen LogP contribution in [0.1, 0.15) is 49.3 Å². The Morgan fingerprint density at radius 3 is 1.98 bits per heavy atom. The monoisotopic (exact) mass is 561 g/mol. The van der Waals surface area contributed by atoms with E-state index in [0.717, 1.165) is 59.4 Å². The van der Waals surface area contributed by atoms with Crippen LogP contribution >= 0.6 is 0 Å². The fourth-order valence-electron chi connectivity index (χ4n) is 5.21. The molecule has 0 radical (unpaired) electrons. The van der Waals surface area contributed by atoms with Crippen molar-refractivity contribution in [1.82, 2.24) is 10.2 Å². The molecule has 3 aromatic carbocycles. The topological polar surface area (TPSA) is 86.8 Å². The van der Waals surface area contributed by atoms with Gasteiger partial charge in [-0.2, -0.15) is 0 Å². The lowest BCUT2D eigenvalue weighted by Crippen LogP contribution is -2.54. The third-order valence-corrected chi connectivity index (χ3v) is 8.62. The van der Waals surface area contributed by atoms with Crippen LogP contribution in [0.2, 0.25) is 0 Å². The zero-order valence-corrected chi connectivity index (χ0v) is 24.1. The van der Waals surface area contributed by atoms with Gasteiger partial charge in [-0.3, -0.25) is 13.9 Å². The number of hydrogen-bond acceptors (Lipinski definition) is 4. The van der Waals surface area contributed by atoms with Crippen molar-refractivity contribution in [2.75, 3.05) is 17.1 Å².